The van der Waals surface area contributed by atoms with Crippen LogP contribution >= 0.6 is 15.6 Å². The van der Waals surface area contributed by atoms with Crippen LogP contribution < -0.4 is 14.7 Å². The predicted molar refractivity (Wildman–Crippen MR) is 111 cm³/mol. The SMILES string of the molecule is CC(=CCOP(=O)([O-])OP(=O)([O-])[O-])CCCC(C)CCCC(C)CCCC(C)C. The van der Waals surface area contributed by atoms with E-state index in [1.807, 2.05) is 6.92 Å². The van der Waals surface area contributed by atoms with Crippen molar-refractivity contribution in [3.05, 3.63) is 11.6 Å². The van der Waals surface area contributed by atoms with E-state index in [4.69, 9.17) is 0 Å². The van der Waals surface area contributed by atoms with Crippen LogP contribution in [-0.4, -0.2) is 6.61 Å². The van der Waals surface area contributed by atoms with E-state index >= 15 is 0 Å². The Kier molecular flexibility index (Phi) is 14.9. The van der Waals surface area contributed by atoms with Crippen molar-refractivity contribution in [3.63, 3.8) is 0 Å². The maximum absolute atomic E-state index is 11.1. The fraction of sp³-hybridized carbons (Fsp3) is 0.900. The van der Waals surface area contributed by atoms with E-state index in [0.29, 0.717) is 5.92 Å². The fourth-order valence-corrected chi connectivity index (χ4v) is 4.65. The van der Waals surface area contributed by atoms with E-state index in [0.717, 1.165) is 36.7 Å². The number of allylic oxidation sites excluding steroid dienone is 1. The van der Waals surface area contributed by atoms with E-state index in [9.17, 15) is 23.8 Å². The van der Waals surface area contributed by atoms with Gasteiger partial charge in [0.15, 0.2) is 0 Å². The first-order valence-electron chi connectivity index (χ1n) is 10.7. The second kappa shape index (κ2) is 14.9. The first-order chi connectivity index (χ1) is 13.3. The molecule has 3 atom stereocenters. The van der Waals surface area contributed by atoms with Crippen LogP contribution in [0.3, 0.4) is 0 Å². The highest BCUT2D eigenvalue weighted by Crippen LogP contribution is 2.50. The first-order valence-corrected chi connectivity index (χ1v) is 13.6. The van der Waals surface area contributed by atoms with Crippen molar-refractivity contribution in [1.82, 2.24) is 0 Å². The largest absolute Gasteiger partial charge is 0.790 e. The Morgan fingerprint density at radius 3 is 1.83 bits per heavy atom. The van der Waals surface area contributed by atoms with Crippen LogP contribution in [0, 0.1) is 17.8 Å². The van der Waals surface area contributed by atoms with Gasteiger partial charge in [-0.25, -0.2) is 0 Å². The van der Waals surface area contributed by atoms with E-state index in [1.165, 1.54) is 38.5 Å². The number of rotatable bonds is 17. The summed E-state index contributed by atoms with van der Waals surface area (Å²) < 4.78 is 29.2. The molecule has 0 amide bonds. The summed E-state index contributed by atoms with van der Waals surface area (Å²) in [6.07, 6.45) is 12.2. The lowest BCUT2D eigenvalue weighted by molar-refractivity contribution is -0.339. The Labute approximate surface area is 177 Å². The van der Waals surface area contributed by atoms with Gasteiger partial charge in [0, 0.05) is 0 Å². The first kappa shape index (κ1) is 29.0. The maximum atomic E-state index is 11.1. The molecule has 7 nitrogen and oxygen atoms in total. The molecule has 0 aromatic heterocycles. The van der Waals surface area contributed by atoms with Gasteiger partial charge in [0.25, 0.3) is 7.82 Å². The summed E-state index contributed by atoms with van der Waals surface area (Å²) >= 11 is 0. The maximum Gasteiger partial charge on any atom is 0.272 e. The molecule has 0 aliphatic carbocycles. The second-order valence-electron chi connectivity index (χ2n) is 8.68. The van der Waals surface area contributed by atoms with Crippen molar-refractivity contribution in [1.29, 1.82) is 0 Å². The van der Waals surface area contributed by atoms with E-state index in [1.54, 1.807) is 6.08 Å². The summed E-state index contributed by atoms with van der Waals surface area (Å²) in [6.45, 7) is 10.7. The average Bonchev–Trinajstić information content (AvgIpc) is 2.51. The van der Waals surface area contributed by atoms with Gasteiger partial charge >= 0.3 is 0 Å². The van der Waals surface area contributed by atoms with Crippen molar-refractivity contribution in [3.8, 4) is 0 Å². The van der Waals surface area contributed by atoms with Gasteiger partial charge in [-0.05, 0) is 37.5 Å². The normalized spacial score (nSPS) is 17.3. The van der Waals surface area contributed by atoms with Crippen molar-refractivity contribution < 1.29 is 32.6 Å². The standard InChI is InChI=1S/C20H42O7P2/c1-17(2)9-6-10-18(3)11-7-12-19(4)13-8-14-20(5)15-16-26-29(24,25)27-28(21,22)23/h15,17-19H,6-14,16H2,1-5H3,(H,24,25)(H2,21,22,23)/p-3. The van der Waals surface area contributed by atoms with Crippen LogP contribution in [0.2, 0.25) is 0 Å². The molecule has 3 unspecified atom stereocenters. The minimum atomic E-state index is -5.63. The third-order valence-corrected chi connectivity index (χ3v) is 7.07. The summed E-state index contributed by atoms with van der Waals surface area (Å²) in [7, 11) is -10.8. The van der Waals surface area contributed by atoms with Gasteiger partial charge in [-0.3, -0.25) is 8.88 Å². The molecule has 0 aliphatic rings. The van der Waals surface area contributed by atoms with Crippen LogP contribution in [0.15, 0.2) is 11.6 Å². The molecule has 0 N–H and O–H groups in total. The highest BCUT2D eigenvalue weighted by molar-refractivity contribution is 7.58. The molecule has 0 spiro atoms. The van der Waals surface area contributed by atoms with Gasteiger partial charge in [-0.2, -0.15) is 0 Å². The zero-order valence-corrected chi connectivity index (χ0v) is 20.4. The Hall–Kier alpha value is -0.0000000000000000416. The second-order valence-corrected chi connectivity index (χ2v) is 11.4. The monoisotopic (exact) mass is 453 g/mol. The van der Waals surface area contributed by atoms with Crippen molar-refractivity contribution in [2.75, 3.05) is 6.61 Å². The van der Waals surface area contributed by atoms with Crippen LogP contribution in [-0.2, 0) is 18.0 Å². The van der Waals surface area contributed by atoms with Gasteiger partial charge in [-0.1, -0.05) is 84.3 Å². The molecule has 0 heterocycles. The van der Waals surface area contributed by atoms with Gasteiger partial charge < -0.3 is 23.8 Å². The van der Waals surface area contributed by atoms with Crippen LogP contribution in [0.1, 0.15) is 92.4 Å². The summed E-state index contributed by atoms with van der Waals surface area (Å²) in [4.78, 5) is 31.8. The van der Waals surface area contributed by atoms with Crippen LogP contribution in [0.5, 0.6) is 0 Å². The Morgan fingerprint density at radius 1 is 0.862 bits per heavy atom. The van der Waals surface area contributed by atoms with Gasteiger partial charge in [0.05, 0.1) is 14.4 Å². The molecule has 0 saturated heterocycles. The predicted octanol–water partition coefficient (Wildman–Crippen LogP) is 4.70. The number of phosphoric ester groups is 1. The lowest BCUT2D eigenvalue weighted by Gasteiger charge is -2.34. The van der Waals surface area contributed by atoms with E-state index < -0.39 is 15.6 Å². The topological polar surface area (TPSA) is 122 Å². The molecule has 0 bridgehead atoms. The molecular weight excluding hydrogens is 414 g/mol. The van der Waals surface area contributed by atoms with Gasteiger partial charge in [0.2, 0.25) is 0 Å². The molecule has 0 aliphatic heterocycles. The number of hydrogen-bond donors (Lipinski definition) is 0. The minimum Gasteiger partial charge on any atom is -0.790 e. The third-order valence-electron chi connectivity index (χ3n) is 5.00. The van der Waals surface area contributed by atoms with Crippen molar-refractivity contribution in [2.45, 2.75) is 92.4 Å². The van der Waals surface area contributed by atoms with Crippen molar-refractivity contribution in [2.24, 2.45) is 17.8 Å². The fourth-order valence-electron chi connectivity index (χ4n) is 3.23. The van der Waals surface area contributed by atoms with Gasteiger partial charge in [0.1, 0.15) is 0 Å². The van der Waals surface area contributed by atoms with E-state index in [2.05, 4.69) is 36.5 Å². The van der Waals surface area contributed by atoms with Gasteiger partial charge in [-0.15, -0.1) is 0 Å². The van der Waals surface area contributed by atoms with Crippen molar-refractivity contribution >= 4 is 15.6 Å². The third kappa shape index (κ3) is 19.7. The summed E-state index contributed by atoms with van der Waals surface area (Å²) in [6, 6.07) is 0. The molecule has 0 rings (SSSR count). The zero-order chi connectivity index (χ0) is 22.5. The smallest absolute Gasteiger partial charge is 0.272 e. The minimum absolute atomic E-state index is 0.350. The van der Waals surface area contributed by atoms with E-state index in [-0.39, 0.29) is 6.61 Å². The molecule has 0 fully saturated rings. The molecule has 0 radical (unpaired) electrons. The highest BCUT2D eigenvalue weighted by atomic mass is 31.3. The highest BCUT2D eigenvalue weighted by Gasteiger charge is 2.11. The lowest BCUT2D eigenvalue weighted by atomic mass is 9.91. The van der Waals surface area contributed by atoms with Crippen LogP contribution in [0.4, 0.5) is 0 Å². The Balaban J connectivity index is 3.89. The number of hydrogen-bond acceptors (Lipinski definition) is 7. The molecular formula is C20H39O7P2-3. The summed E-state index contributed by atoms with van der Waals surface area (Å²) in [5.74, 6) is 2.24. The molecule has 0 aromatic rings. The Bertz CT molecular complexity index is 557. The quantitative estimate of drug-likeness (QED) is 0.231. The Morgan fingerprint density at radius 2 is 1.34 bits per heavy atom. The molecule has 29 heavy (non-hydrogen) atoms. The van der Waals surface area contributed by atoms with Crippen LogP contribution in [0.25, 0.3) is 0 Å². The number of phosphoric acid groups is 2. The molecule has 174 valence electrons. The molecule has 9 heteroatoms. The molecule has 0 aromatic carbocycles. The lowest BCUT2D eigenvalue weighted by Crippen LogP contribution is -2.19. The summed E-state index contributed by atoms with van der Waals surface area (Å²) in [5, 5.41) is 0. The summed E-state index contributed by atoms with van der Waals surface area (Å²) in [5.41, 5.74) is 0.948. The zero-order valence-electron chi connectivity index (χ0n) is 18.6. The average molecular weight is 453 g/mol. The molecule has 0 saturated carbocycles.